The highest BCUT2D eigenvalue weighted by Crippen LogP contribution is 2.25. The van der Waals surface area contributed by atoms with Gasteiger partial charge in [0.2, 0.25) is 0 Å². The molecule has 6 heteroatoms. The number of phenolic OH excluding ortho intramolecular Hbond substituents is 1. The van der Waals surface area contributed by atoms with Crippen LogP contribution >= 0.6 is 12.2 Å². The fourth-order valence-electron chi connectivity index (χ4n) is 1.25. The molecule has 1 rings (SSSR count). The molecular weight excluding hydrogens is 262 g/mol. The van der Waals surface area contributed by atoms with E-state index in [1.807, 2.05) is 6.92 Å². The Kier molecular flexibility index (Phi) is 6.38. The molecule has 0 atom stereocenters. The van der Waals surface area contributed by atoms with Crippen LogP contribution in [0.25, 0.3) is 0 Å². The first-order valence-corrected chi connectivity index (χ1v) is 6.21. The zero-order chi connectivity index (χ0) is 14.1. The molecule has 0 heterocycles. The highest BCUT2D eigenvalue weighted by Gasteiger charge is 2.01. The van der Waals surface area contributed by atoms with Gasteiger partial charge in [-0.05, 0) is 42.9 Å². The van der Waals surface area contributed by atoms with E-state index in [4.69, 9.17) is 17.0 Å². The van der Waals surface area contributed by atoms with Crippen molar-refractivity contribution >= 4 is 23.5 Å². The van der Waals surface area contributed by atoms with Gasteiger partial charge in [-0.15, -0.1) is 6.58 Å². The number of thiocarbonyl (C=S) groups is 1. The molecule has 0 saturated heterocycles. The minimum absolute atomic E-state index is 0.107. The van der Waals surface area contributed by atoms with Crippen LogP contribution in [0.3, 0.4) is 0 Å². The zero-order valence-electron chi connectivity index (χ0n) is 10.7. The van der Waals surface area contributed by atoms with Crippen LogP contribution in [0.5, 0.6) is 11.5 Å². The summed E-state index contributed by atoms with van der Waals surface area (Å²) >= 11 is 4.97. The molecular formula is C13H17N3O2S. The average Bonchev–Trinajstić information content (AvgIpc) is 2.40. The van der Waals surface area contributed by atoms with Crippen LogP contribution in [0.15, 0.2) is 36.0 Å². The Morgan fingerprint density at radius 1 is 1.58 bits per heavy atom. The Morgan fingerprint density at radius 3 is 3.05 bits per heavy atom. The molecule has 0 amide bonds. The molecule has 19 heavy (non-hydrogen) atoms. The maximum atomic E-state index is 9.55. The van der Waals surface area contributed by atoms with E-state index in [2.05, 4.69) is 22.4 Å². The molecule has 1 aromatic rings. The summed E-state index contributed by atoms with van der Waals surface area (Å²) in [4.78, 5) is 0. The standard InChI is InChI=1S/C13H17N3O2S/c1-3-7-14-13(19)16-15-9-10-5-6-11(17)12(8-10)18-4-2/h3,5-6,8-9,17H,1,4,7H2,2H3,(H2,14,16,19). The number of hydrogen-bond acceptors (Lipinski definition) is 4. The van der Waals surface area contributed by atoms with E-state index in [1.165, 1.54) is 0 Å². The minimum atomic E-state index is 0.107. The van der Waals surface area contributed by atoms with Crippen molar-refractivity contribution in [3.05, 3.63) is 36.4 Å². The Balaban J connectivity index is 2.59. The van der Waals surface area contributed by atoms with E-state index >= 15 is 0 Å². The number of ether oxygens (including phenoxy) is 1. The van der Waals surface area contributed by atoms with Gasteiger partial charge in [0.25, 0.3) is 0 Å². The summed E-state index contributed by atoms with van der Waals surface area (Å²) in [7, 11) is 0. The molecule has 0 bridgehead atoms. The Morgan fingerprint density at radius 2 is 2.37 bits per heavy atom. The third kappa shape index (κ3) is 5.39. The lowest BCUT2D eigenvalue weighted by atomic mass is 10.2. The van der Waals surface area contributed by atoms with Crippen LogP contribution in [0.2, 0.25) is 0 Å². The van der Waals surface area contributed by atoms with Crippen molar-refractivity contribution in [2.24, 2.45) is 5.10 Å². The lowest BCUT2D eigenvalue weighted by Crippen LogP contribution is -2.31. The number of rotatable bonds is 6. The lowest BCUT2D eigenvalue weighted by molar-refractivity contribution is 0.318. The summed E-state index contributed by atoms with van der Waals surface area (Å²) in [6.07, 6.45) is 3.29. The minimum Gasteiger partial charge on any atom is -0.504 e. The molecule has 0 spiro atoms. The second-order valence-electron chi connectivity index (χ2n) is 3.53. The summed E-state index contributed by atoms with van der Waals surface area (Å²) in [5.74, 6) is 0.536. The third-order valence-electron chi connectivity index (χ3n) is 2.07. The third-order valence-corrected chi connectivity index (χ3v) is 2.31. The predicted molar refractivity (Wildman–Crippen MR) is 80.8 cm³/mol. The first kappa shape index (κ1) is 15.0. The molecule has 0 saturated carbocycles. The van der Waals surface area contributed by atoms with E-state index in [1.54, 1.807) is 30.5 Å². The van der Waals surface area contributed by atoms with E-state index in [9.17, 15) is 5.11 Å². The van der Waals surface area contributed by atoms with Crippen molar-refractivity contribution in [3.63, 3.8) is 0 Å². The lowest BCUT2D eigenvalue weighted by Gasteiger charge is -2.06. The van der Waals surface area contributed by atoms with Crippen molar-refractivity contribution in [2.45, 2.75) is 6.92 Å². The Labute approximate surface area is 118 Å². The molecule has 1 aromatic carbocycles. The quantitative estimate of drug-likeness (QED) is 0.320. The van der Waals surface area contributed by atoms with Gasteiger partial charge in [0, 0.05) is 6.54 Å². The summed E-state index contributed by atoms with van der Waals surface area (Å²) < 4.78 is 5.28. The van der Waals surface area contributed by atoms with Crippen LogP contribution in [-0.2, 0) is 0 Å². The molecule has 0 aromatic heterocycles. The summed E-state index contributed by atoms with van der Waals surface area (Å²) in [5, 5.41) is 16.8. The number of benzene rings is 1. The van der Waals surface area contributed by atoms with Gasteiger partial charge >= 0.3 is 0 Å². The fourth-order valence-corrected chi connectivity index (χ4v) is 1.39. The van der Waals surface area contributed by atoms with Gasteiger partial charge in [-0.2, -0.15) is 5.10 Å². The van der Waals surface area contributed by atoms with Crippen LogP contribution in [0.1, 0.15) is 12.5 Å². The summed E-state index contributed by atoms with van der Waals surface area (Å²) in [6.45, 7) is 6.49. The number of nitrogens with zero attached hydrogens (tertiary/aromatic N) is 1. The van der Waals surface area contributed by atoms with Crippen LogP contribution in [-0.4, -0.2) is 29.6 Å². The van der Waals surface area contributed by atoms with Crippen molar-refractivity contribution in [1.29, 1.82) is 0 Å². The maximum absolute atomic E-state index is 9.55. The van der Waals surface area contributed by atoms with E-state index in [-0.39, 0.29) is 5.75 Å². The number of aromatic hydroxyl groups is 1. The molecule has 0 aliphatic rings. The molecule has 0 radical (unpaired) electrons. The molecule has 3 N–H and O–H groups in total. The molecule has 0 aliphatic carbocycles. The Bertz CT molecular complexity index is 475. The van der Waals surface area contributed by atoms with Gasteiger partial charge in [-0.1, -0.05) is 6.08 Å². The highest BCUT2D eigenvalue weighted by atomic mass is 32.1. The second kappa shape index (κ2) is 8.10. The van der Waals surface area contributed by atoms with Gasteiger partial charge in [-0.25, -0.2) is 0 Å². The van der Waals surface area contributed by atoms with Gasteiger partial charge in [0.1, 0.15) is 0 Å². The van der Waals surface area contributed by atoms with Gasteiger partial charge < -0.3 is 15.2 Å². The average molecular weight is 279 g/mol. The SMILES string of the molecule is C=CCNC(=S)NN=Cc1ccc(O)c(OCC)c1. The van der Waals surface area contributed by atoms with Gasteiger partial charge in [0.15, 0.2) is 16.6 Å². The van der Waals surface area contributed by atoms with Crippen LogP contribution in [0.4, 0.5) is 0 Å². The highest BCUT2D eigenvalue weighted by molar-refractivity contribution is 7.80. The predicted octanol–water partition coefficient (Wildman–Crippen LogP) is 1.77. The molecule has 102 valence electrons. The maximum Gasteiger partial charge on any atom is 0.187 e. The largest absolute Gasteiger partial charge is 0.504 e. The smallest absolute Gasteiger partial charge is 0.187 e. The molecule has 0 fully saturated rings. The van der Waals surface area contributed by atoms with Crippen molar-refractivity contribution in [2.75, 3.05) is 13.2 Å². The fraction of sp³-hybridized carbons (Fsp3) is 0.231. The number of nitrogens with one attached hydrogen (secondary N) is 2. The van der Waals surface area contributed by atoms with Gasteiger partial charge in [0.05, 0.1) is 12.8 Å². The van der Waals surface area contributed by atoms with E-state index < -0.39 is 0 Å². The van der Waals surface area contributed by atoms with Crippen molar-refractivity contribution < 1.29 is 9.84 Å². The van der Waals surface area contributed by atoms with E-state index in [0.717, 1.165) is 5.56 Å². The van der Waals surface area contributed by atoms with Crippen LogP contribution < -0.4 is 15.5 Å². The molecule has 0 unspecified atom stereocenters. The summed E-state index contributed by atoms with van der Waals surface area (Å²) in [5.41, 5.74) is 3.46. The topological polar surface area (TPSA) is 65.9 Å². The van der Waals surface area contributed by atoms with Crippen molar-refractivity contribution in [1.82, 2.24) is 10.7 Å². The first-order valence-electron chi connectivity index (χ1n) is 5.81. The number of hydrazone groups is 1. The van der Waals surface area contributed by atoms with E-state index in [0.29, 0.717) is 24.0 Å². The number of hydrogen-bond donors (Lipinski definition) is 3. The van der Waals surface area contributed by atoms with Crippen molar-refractivity contribution in [3.8, 4) is 11.5 Å². The van der Waals surface area contributed by atoms with Crippen LogP contribution in [0, 0.1) is 0 Å². The normalized spacial score (nSPS) is 10.2. The second-order valence-corrected chi connectivity index (χ2v) is 3.94. The number of phenols is 1. The van der Waals surface area contributed by atoms with Gasteiger partial charge in [-0.3, -0.25) is 5.43 Å². The Hall–Kier alpha value is -2.08. The first-order chi connectivity index (χ1) is 9.17. The molecule has 0 aliphatic heterocycles. The zero-order valence-corrected chi connectivity index (χ0v) is 11.5. The molecule has 5 nitrogen and oxygen atoms in total. The monoisotopic (exact) mass is 279 g/mol. The summed E-state index contributed by atoms with van der Waals surface area (Å²) in [6, 6.07) is 4.98.